The lowest BCUT2D eigenvalue weighted by Gasteiger charge is -2.10. The van der Waals surface area contributed by atoms with Crippen molar-refractivity contribution in [3.8, 4) is 0 Å². The van der Waals surface area contributed by atoms with Crippen LogP contribution in [0.1, 0.15) is 17.3 Å². The van der Waals surface area contributed by atoms with Gasteiger partial charge < -0.3 is 16.0 Å². The summed E-state index contributed by atoms with van der Waals surface area (Å²) in [5.41, 5.74) is 1.73. The van der Waals surface area contributed by atoms with Crippen LogP contribution in [0.4, 0.5) is 11.4 Å². The first kappa shape index (κ1) is 18.3. The third kappa shape index (κ3) is 5.25. The highest BCUT2D eigenvalue weighted by Crippen LogP contribution is 2.25. The molecule has 0 radical (unpaired) electrons. The van der Waals surface area contributed by atoms with Gasteiger partial charge in [-0.3, -0.25) is 9.59 Å². The summed E-state index contributed by atoms with van der Waals surface area (Å²) in [7, 11) is 0. The average molecular weight is 411 g/mol. The number of anilines is 2. The van der Waals surface area contributed by atoms with E-state index in [-0.39, 0.29) is 18.4 Å². The number of nitrogens with one attached hydrogen (secondary N) is 3. The first-order chi connectivity index (χ1) is 11.5. The highest BCUT2D eigenvalue weighted by Gasteiger charge is 2.08. The minimum atomic E-state index is -0.234. The average Bonchev–Trinajstić information content (AvgIpc) is 2.54. The van der Waals surface area contributed by atoms with E-state index >= 15 is 0 Å². The molecule has 0 heterocycles. The quantitative estimate of drug-likeness (QED) is 0.676. The van der Waals surface area contributed by atoms with Crippen molar-refractivity contribution in [2.75, 3.05) is 23.7 Å². The van der Waals surface area contributed by atoms with E-state index in [9.17, 15) is 9.59 Å². The fraction of sp³-hybridized carbons (Fsp3) is 0.176. The number of carbonyl (C=O) groups excluding carboxylic acids is 2. The Bertz CT molecular complexity index is 752. The molecule has 24 heavy (non-hydrogen) atoms. The van der Waals surface area contributed by atoms with Crippen LogP contribution in [0.5, 0.6) is 0 Å². The molecule has 2 aromatic rings. The summed E-state index contributed by atoms with van der Waals surface area (Å²) in [5.74, 6) is -0.407. The van der Waals surface area contributed by atoms with Crippen LogP contribution in [-0.4, -0.2) is 24.9 Å². The van der Waals surface area contributed by atoms with Gasteiger partial charge in [0.2, 0.25) is 5.91 Å². The summed E-state index contributed by atoms with van der Waals surface area (Å²) >= 11 is 9.42. The SMILES string of the molecule is CCNC(=O)c1cccc(NC(=O)CNc2ccc(Br)cc2Cl)c1. The predicted octanol–water partition coefficient (Wildman–Crippen LogP) is 3.90. The van der Waals surface area contributed by atoms with E-state index in [2.05, 4.69) is 31.9 Å². The van der Waals surface area contributed by atoms with Crippen LogP contribution < -0.4 is 16.0 Å². The van der Waals surface area contributed by atoms with Crippen LogP contribution in [0.3, 0.4) is 0 Å². The van der Waals surface area contributed by atoms with E-state index in [0.717, 1.165) is 4.47 Å². The first-order valence-corrected chi connectivity index (χ1v) is 8.53. The zero-order valence-corrected chi connectivity index (χ0v) is 15.4. The minimum absolute atomic E-state index is 0.0622. The maximum atomic E-state index is 12.0. The van der Waals surface area contributed by atoms with Gasteiger partial charge in [-0.15, -0.1) is 0 Å². The van der Waals surface area contributed by atoms with Crippen molar-refractivity contribution in [2.24, 2.45) is 0 Å². The van der Waals surface area contributed by atoms with Gasteiger partial charge in [0.25, 0.3) is 5.91 Å². The summed E-state index contributed by atoms with van der Waals surface area (Å²) in [6.07, 6.45) is 0. The Kier molecular flexibility index (Phi) is 6.63. The lowest BCUT2D eigenvalue weighted by Crippen LogP contribution is -2.24. The zero-order chi connectivity index (χ0) is 17.5. The monoisotopic (exact) mass is 409 g/mol. The van der Waals surface area contributed by atoms with Gasteiger partial charge in [-0.25, -0.2) is 0 Å². The number of halogens is 2. The fourth-order valence-corrected chi connectivity index (χ4v) is 2.75. The van der Waals surface area contributed by atoms with Gasteiger partial charge in [0.15, 0.2) is 0 Å². The number of benzene rings is 2. The van der Waals surface area contributed by atoms with Crippen molar-refractivity contribution in [3.05, 3.63) is 57.5 Å². The Hall–Kier alpha value is -2.05. The van der Waals surface area contributed by atoms with Crippen LogP contribution >= 0.6 is 27.5 Å². The second kappa shape index (κ2) is 8.70. The molecule has 3 N–H and O–H groups in total. The third-order valence-corrected chi connectivity index (χ3v) is 3.92. The van der Waals surface area contributed by atoms with Gasteiger partial charge in [0.1, 0.15) is 0 Å². The molecule has 0 unspecified atom stereocenters. The van der Waals surface area contributed by atoms with Crippen LogP contribution in [0.2, 0.25) is 5.02 Å². The van der Waals surface area contributed by atoms with Crippen molar-refractivity contribution < 1.29 is 9.59 Å². The summed E-state index contributed by atoms with van der Waals surface area (Å²) in [6.45, 7) is 2.46. The Morgan fingerprint density at radius 3 is 2.67 bits per heavy atom. The molecule has 0 aliphatic carbocycles. The van der Waals surface area contributed by atoms with Gasteiger partial charge in [0, 0.05) is 22.3 Å². The number of amides is 2. The van der Waals surface area contributed by atoms with Gasteiger partial charge in [-0.05, 0) is 43.3 Å². The van der Waals surface area contributed by atoms with Crippen molar-refractivity contribution in [1.82, 2.24) is 5.32 Å². The lowest BCUT2D eigenvalue weighted by molar-refractivity contribution is -0.114. The summed E-state index contributed by atoms with van der Waals surface area (Å²) in [6, 6.07) is 12.2. The van der Waals surface area contributed by atoms with Crippen molar-refractivity contribution >= 4 is 50.7 Å². The highest BCUT2D eigenvalue weighted by atomic mass is 79.9. The molecule has 0 saturated heterocycles. The van der Waals surface area contributed by atoms with Gasteiger partial charge in [-0.1, -0.05) is 33.6 Å². The summed E-state index contributed by atoms with van der Waals surface area (Å²) < 4.78 is 0.865. The van der Waals surface area contributed by atoms with E-state index in [4.69, 9.17) is 11.6 Å². The molecule has 0 saturated carbocycles. The highest BCUT2D eigenvalue weighted by molar-refractivity contribution is 9.10. The van der Waals surface area contributed by atoms with Gasteiger partial charge >= 0.3 is 0 Å². The Balaban J connectivity index is 1.95. The molecule has 0 bridgehead atoms. The molecular weight excluding hydrogens is 394 g/mol. The van der Waals surface area contributed by atoms with Crippen LogP contribution in [-0.2, 0) is 4.79 Å². The van der Waals surface area contributed by atoms with Crippen LogP contribution in [0.25, 0.3) is 0 Å². The molecule has 0 spiro atoms. The summed E-state index contributed by atoms with van der Waals surface area (Å²) in [4.78, 5) is 23.8. The standard InChI is InChI=1S/C17H17BrClN3O2/c1-2-20-17(24)11-4-3-5-13(8-11)22-16(23)10-21-15-7-6-12(18)9-14(15)19/h3-9,21H,2,10H2,1H3,(H,20,24)(H,22,23). The van der Waals surface area contributed by atoms with E-state index in [0.29, 0.717) is 28.5 Å². The molecule has 2 aromatic carbocycles. The number of hydrogen-bond acceptors (Lipinski definition) is 3. The Morgan fingerprint density at radius 2 is 1.96 bits per heavy atom. The molecule has 126 valence electrons. The molecule has 7 heteroatoms. The topological polar surface area (TPSA) is 70.2 Å². The molecule has 5 nitrogen and oxygen atoms in total. The predicted molar refractivity (Wildman–Crippen MR) is 101 cm³/mol. The molecule has 0 aromatic heterocycles. The van der Waals surface area contributed by atoms with E-state index in [1.54, 1.807) is 36.4 Å². The van der Waals surface area contributed by atoms with Crippen LogP contribution in [0, 0.1) is 0 Å². The zero-order valence-electron chi connectivity index (χ0n) is 13.0. The second-order valence-corrected chi connectivity index (χ2v) is 6.29. The smallest absolute Gasteiger partial charge is 0.251 e. The second-order valence-electron chi connectivity index (χ2n) is 4.97. The fourth-order valence-electron chi connectivity index (χ4n) is 2.01. The first-order valence-electron chi connectivity index (χ1n) is 7.36. The number of hydrogen-bond donors (Lipinski definition) is 3. The Morgan fingerprint density at radius 1 is 1.17 bits per heavy atom. The van der Waals surface area contributed by atoms with E-state index in [1.165, 1.54) is 0 Å². The van der Waals surface area contributed by atoms with Crippen molar-refractivity contribution in [2.45, 2.75) is 6.92 Å². The lowest BCUT2D eigenvalue weighted by atomic mass is 10.2. The Labute approximate surface area is 153 Å². The molecule has 0 fully saturated rings. The van der Waals surface area contributed by atoms with E-state index in [1.807, 2.05) is 13.0 Å². The van der Waals surface area contributed by atoms with Gasteiger partial charge in [-0.2, -0.15) is 0 Å². The maximum absolute atomic E-state index is 12.0. The van der Waals surface area contributed by atoms with Crippen molar-refractivity contribution in [3.63, 3.8) is 0 Å². The molecule has 0 aliphatic heterocycles. The molecular formula is C17H17BrClN3O2. The van der Waals surface area contributed by atoms with Crippen molar-refractivity contribution in [1.29, 1.82) is 0 Å². The largest absolute Gasteiger partial charge is 0.375 e. The number of carbonyl (C=O) groups is 2. The summed E-state index contributed by atoms with van der Waals surface area (Å²) in [5, 5.41) is 8.96. The molecule has 0 aliphatic rings. The third-order valence-electron chi connectivity index (χ3n) is 3.12. The number of rotatable bonds is 6. The molecule has 2 amide bonds. The minimum Gasteiger partial charge on any atom is -0.375 e. The van der Waals surface area contributed by atoms with E-state index < -0.39 is 0 Å². The molecule has 2 rings (SSSR count). The van der Waals surface area contributed by atoms with Crippen LogP contribution in [0.15, 0.2) is 46.9 Å². The van der Waals surface area contributed by atoms with Gasteiger partial charge in [0.05, 0.1) is 17.3 Å². The normalized spacial score (nSPS) is 10.1. The molecule has 0 atom stereocenters. The maximum Gasteiger partial charge on any atom is 0.251 e.